The van der Waals surface area contributed by atoms with Crippen LogP contribution in [0.5, 0.6) is 0 Å². The molecule has 0 aliphatic heterocycles. The number of unbranched alkanes of at least 4 members (excludes halogenated alkanes) is 1. The Labute approximate surface area is 106 Å². The molecule has 1 rings (SSSR count). The zero-order chi connectivity index (χ0) is 11.8. The lowest BCUT2D eigenvalue weighted by Gasteiger charge is -2.04. The number of hydrogen-bond donors (Lipinski definition) is 2. The van der Waals surface area contributed by atoms with E-state index in [9.17, 15) is 0 Å². The molecule has 0 saturated heterocycles. The first-order valence-corrected chi connectivity index (χ1v) is 6.64. The van der Waals surface area contributed by atoms with Crippen molar-refractivity contribution in [3.05, 3.63) is 21.9 Å². The van der Waals surface area contributed by atoms with E-state index in [2.05, 4.69) is 41.1 Å². The Morgan fingerprint density at radius 2 is 2.44 bits per heavy atom. The lowest BCUT2D eigenvalue weighted by molar-refractivity contribution is 0.745. The second-order valence-corrected chi connectivity index (χ2v) is 4.80. The van der Waals surface area contributed by atoms with Crippen LogP contribution in [0.25, 0.3) is 0 Å². The molecule has 2 N–H and O–H groups in total. The molecule has 1 aromatic rings. The molecule has 0 amide bonds. The monoisotopic (exact) mass is 255 g/mol. The first-order valence-electron chi connectivity index (χ1n) is 5.35. The molecular weight excluding hydrogens is 238 g/mol. The Bertz CT molecular complexity index is 358. The van der Waals surface area contributed by atoms with Crippen LogP contribution >= 0.6 is 23.6 Å². The first kappa shape index (κ1) is 13.1. The maximum atomic E-state index is 5.06. The van der Waals surface area contributed by atoms with Gasteiger partial charge in [-0.3, -0.25) is 5.43 Å². The second-order valence-electron chi connectivity index (χ2n) is 3.45. The van der Waals surface area contributed by atoms with Crippen LogP contribution in [0.3, 0.4) is 0 Å². The lowest BCUT2D eigenvalue weighted by Crippen LogP contribution is -2.32. The van der Waals surface area contributed by atoms with Crippen LogP contribution in [0.2, 0.25) is 0 Å². The molecular formula is C11H17N3S2. The van der Waals surface area contributed by atoms with Crippen molar-refractivity contribution < 1.29 is 0 Å². The van der Waals surface area contributed by atoms with E-state index < -0.39 is 0 Å². The van der Waals surface area contributed by atoms with Gasteiger partial charge in [-0.25, -0.2) is 0 Å². The standard InChI is InChI=1S/C11H17N3S2/c1-3-4-6-12-11(15)14-13-8-10-9(2)5-7-16-10/h5,7-8H,3-4,6H2,1-2H3,(H2,12,14,15)/b13-8+. The van der Waals surface area contributed by atoms with Crippen molar-refractivity contribution in [1.29, 1.82) is 0 Å². The van der Waals surface area contributed by atoms with Crippen molar-refractivity contribution in [1.82, 2.24) is 10.7 Å². The Balaban J connectivity index is 2.26. The third kappa shape index (κ3) is 4.72. The Hall–Kier alpha value is -0.940. The fraction of sp³-hybridized carbons (Fsp3) is 0.455. The SMILES string of the molecule is CCCCNC(=S)N/N=C/c1sccc1C. The highest BCUT2D eigenvalue weighted by molar-refractivity contribution is 7.80. The van der Waals surface area contributed by atoms with Gasteiger partial charge >= 0.3 is 0 Å². The number of aryl methyl sites for hydroxylation is 1. The van der Waals surface area contributed by atoms with Crippen molar-refractivity contribution in [3.63, 3.8) is 0 Å². The summed E-state index contributed by atoms with van der Waals surface area (Å²) in [6.45, 7) is 5.11. The minimum Gasteiger partial charge on any atom is -0.361 e. The van der Waals surface area contributed by atoms with Crippen LogP contribution in [0.15, 0.2) is 16.5 Å². The van der Waals surface area contributed by atoms with Crippen LogP contribution in [0.1, 0.15) is 30.2 Å². The van der Waals surface area contributed by atoms with Gasteiger partial charge in [-0.2, -0.15) is 5.10 Å². The van der Waals surface area contributed by atoms with Gasteiger partial charge in [-0.15, -0.1) is 11.3 Å². The molecule has 88 valence electrons. The van der Waals surface area contributed by atoms with Gasteiger partial charge in [0.15, 0.2) is 5.11 Å². The predicted octanol–water partition coefficient (Wildman–Crippen LogP) is 2.65. The van der Waals surface area contributed by atoms with Crippen molar-refractivity contribution >= 4 is 34.9 Å². The summed E-state index contributed by atoms with van der Waals surface area (Å²) in [6, 6.07) is 2.07. The largest absolute Gasteiger partial charge is 0.361 e. The molecule has 0 unspecified atom stereocenters. The highest BCUT2D eigenvalue weighted by Gasteiger charge is 1.95. The molecule has 0 aromatic carbocycles. The van der Waals surface area contributed by atoms with E-state index in [4.69, 9.17) is 12.2 Å². The van der Waals surface area contributed by atoms with Crippen LogP contribution in [0, 0.1) is 6.92 Å². The quantitative estimate of drug-likeness (QED) is 0.367. The average Bonchev–Trinajstić information content (AvgIpc) is 2.65. The Kier molecular flexibility index (Phi) is 6.03. The van der Waals surface area contributed by atoms with Gasteiger partial charge in [-0.05, 0) is 42.6 Å². The van der Waals surface area contributed by atoms with Crippen LogP contribution < -0.4 is 10.7 Å². The van der Waals surface area contributed by atoms with Crippen molar-refractivity contribution in [2.75, 3.05) is 6.54 Å². The van der Waals surface area contributed by atoms with Crippen LogP contribution in [-0.4, -0.2) is 17.9 Å². The van der Waals surface area contributed by atoms with Crippen LogP contribution in [0.4, 0.5) is 0 Å². The summed E-state index contributed by atoms with van der Waals surface area (Å²) < 4.78 is 0. The molecule has 1 heterocycles. The fourth-order valence-electron chi connectivity index (χ4n) is 1.08. The lowest BCUT2D eigenvalue weighted by atomic mass is 10.3. The highest BCUT2D eigenvalue weighted by atomic mass is 32.1. The van der Waals surface area contributed by atoms with Crippen molar-refractivity contribution in [2.24, 2.45) is 5.10 Å². The number of thiocarbonyl (C=S) groups is 1. The number of thiophene rings is 1. The molecule has 3 nitrogen and oxygen atoms in total. The molecule has 0 radical (unpaired) electrons. The average molecular weight is 255 g/mol. The molecule has 0 atom stereocenters. The first-order chi connectivity index (χ1) is 7.74. The topological polar surface area (TPSA) is 36.4 Å². The molecule has 0 fully saturated rings. The smallest absolute Gasteiger partial charge is 0.186 e. The summed E-state index contributed by atoms with van der Waals surface area (Å²) in [6.07, 6.45) is 4.08. The third-order valence-electron chi connectivity index (χ3n) is 2.07. The van der Waals surface area contributed by atoms with Gasteiger partial charge < -0.3 is 5.32 Å². The van der Waals surface area contributed by atoms with Gasteiger partial charge in [0.25, 0.3) is 0 Å². The maximum absolute atomic E-state index is 5.06. The Morgan fingerprint density at radius 3 is 3.06 bits per heavy atom. The van der Waals surface area contributed by atoms with Gasteiger partial charge in [-0.1, -0.05) is 13.3 Å². The van der Waals surface area contributed by atoms with E-state index in [1.165, 1.54) is 5.56 Å². The number of nitrogens with zero attached hydrogens (tertiary/aromatic N) is 1. The van der Waals surface area contributed by atoms with E-state index in [0.717, 1.165) is 24.3 Å². The van der Waals surface area contributed by atoms with E-state index in [-0.39, 0.29) is 0 Å². The number of nitrogens with one attached hydrogen (secondary N) is 2. The van der Waals surface area contributed by atoms with Crippen LogP contribution in [-0.2, 0) is 0 Å². The minimum absolute atomic E-state index is 0.582. The summed E-state index contributed by atoms with van der Waals surface area (Å²) in [5, 5.41) is 9.81. The minimum atomic E-state index is 0.582. The van der Waals surface area contributed by atoms with Gasteiger partial charge in [0, 0.05) is 11.4 Å². The normalized spacial score (nSPS) is 10.6. The summed E-state index contributed by atoms with van der Waals surface area (Å²) in [4.78, 5) is 1.16. The molecule has 5 heteroatoms. The van der Waals surface area contributed by atoms with E-state index in [1.54, 1.807) is 17.6 Å². The molecule has 0 bridgehead atoms. The number of rotatable bonds is 5. The third-order valence-corrected chi connectivity index (χ3v) is 3.25. The van der Waals surface area contributed by atoms with E-state index >= 15 is 0 Å². The summed E-state index contributed by atoms with van der Waals surface area (Å²) in [5.41, 5.74) is 4.04. The van der Waals surface area contributed by atoms with E-state index in [0.29, 0.717) is 5.11 Å². The molecule has 1 aromatic heterocycles. The Morgan fingerprint density at radius 1 is 1.62 bits per heavy atom. The van der Waals surface area contributed by atoms with Gasteiger partial charge in [0.05, 0.1) is 6.21 Å². The van der Waals surface area contributed by atoms with Crippen molar-refractivity contribution in [2.45, 2.75) is 26.7 Å². The molecule has 0 aliphatic carbocycles. The highest BCUT2D eigenvalue weighted by Crippen LogP contribution is 2.12. The van der Waals surface area contributed by atoms with Gasteiger partial charge in [0.1, 0.15) is 0 Å². The summed E-state index contributed by atoms with van der Waals surface area (Å²) in [5.74, 6) is 0. The molecule has 0 spiro atoms. The zero-order valence-corrected chi connectivity index (χ0v) is 11.3. The maximum Gasteiger partial charge on any atom is 0.186 e. The zero-order valence-electron chi connectivity index (χ0n) is 9.62. The summed E-state index contributed by atoms with van der Waals surface area (Å²) in [7, 11) is 0. The van der Waals surface area contributed by atoms with E-state index in [1.807, 2.05) is 0 Å². The molecule has 16 heavy (non-hydrogen) atoms. The fourth-order valence-corrected chi connectivity index (χ4v) is 2.03. The summed E-state index contributed by atoms with van der Waals surface area (Å²) >= 11 is 6.73. The number of hydrogen-bond acceptors (Lipinski definition) is 3. The predicted molar refractivity (Wildman–Crippen MR) is 75.3 cm³/mol. The second kappa shape index (κ2) is 7.35. The number of hydrazone groups is 1. The van der Waals surface area contributed by atoms with Gasteiger partial charge in [0.2, 0.25) is 0 Å². The molecule has 0 aliphatic rings. The molecule has 0 saturated carbocycles. The van der Waals surface area contributed by atoms with Crippen molar-refractivity contribution in [3.8, 4) is 0 Å².